The SMILES string of the molecule is O=C(CN1C(=O)N[C@H](CCc2ccccc2)C1=O)Nc1cccnc1Cl. The van der Waals surface area contributed by atoms with Crippen LogP contribution in [0.25, 0.3) is 0 Å². The van der Waals surface area contributed by atoms with E-state index in [2.05, 4.69) is 15.6 Å². The summed E-state index contributed by atoms with van der Waals surface area (Å²) < 4.78 is 0. The fourth-order valence-electron chi connectivity index (χ4n) is 2.69. The molecular weight excluding hydrogens is 356 g/mol. The number of nitrogens with zero attached hydrogens (tertiary/aromatic N) is 2. The minimum atomic E-state index is -0.627. The van der Waals surface area contributed by atoms with Gasteiger partial charge >= 0.3 is 6.03 Å². The number of hydrogen-bond donors (Lipinski definition) is 2. The van der Waals surface area contributed by atoms with Gasteiger partial charge in [0.05, 0.1) is 5.69 Å². The lowest BCUT2D eigenvalue weighted by Crippen LogP contribution is -2.38. The zero-order valence-electron chi connectivity index (χ0n) is 13.8. The maximum Gasteiger partial charge on any atom is 0.325 e. The number of urea groups is 1. The predicted molar refractivity (Wildman–Crippen MR) is 96.7 cm³/mol. The summed E-state index contributed by atoms with van der Waals surface area (Å²) in [4.78, 5) is 41.3. The molecule has 0 aliphatic carbocycles. The molecule has 1 aromatic carbocycles. The first-order chi connectivity index (χ1) is 12.5. The molecule has 7 nitrogen and oxygen atoms in total. The minimum absolute atomic E-state index is 0.138. The zero-order valence-corrected chi connectivity index (χ0v) is 14.6. The van der Waals surface area contributed by atoms with Gasteiger partial charge in [0.2, 0.25) is 5.91 Å². The van der Waals surface area contributed by atoms with Crippen LogP contribution in [0.1, 0.15) is 12.0 Å². The summed E-state index contributed by atoms with van der Waals surface area (Å²) in [6.45, 7) is -0.377. The fraction of sp³-hybridized carbons (Fsp3) is 0.222. The van der Waals surface area contributed by atoms with Crippen LogP contribution >= 0.6 is 11.6 Å². The van der Waals surface area contributed by atoms with E-state index in [9.17, 15) is 14.4 Å². The molecule has 1 aliphatic heterocycles. The molecule has 1 saturated heterocycles. The number of pyridine rings is 1. The van der Waals surface area contributed by atoms with Crippen LogP contribution in [-0.2, 0) is 16.0 Å². The third-order valence-corrected chi connectivity index (χ3v) is 4.31. The van der Waals surface area contributed by atoms with E-state index in [1.54, 1.807) is 12.1 Å². The Morgan fingerprint density at radius 2 is 1.96 bits per heavy atom. The number of carbonyl (C=O) groups excluding carboxylic acids is 3. The summed E-state index contributed by atoms with van der Waals surface area (Å²) in [6.07, 6.45) is 2.62. The monoisotopic (exact) mass is 372 g/mol. The molecule has 134 valence electrons. The third kappa shape index (κ3) is 4.18. The number of aromatic nitrogens is 1. The maximum absolute atomic E-state index is 12.4. The molecule has 0 radical (unpaired) electrons. The molecule has 0 saturated carbocycles. The first-order valence-electron chi connectivity index (χ1n) is 8.11. The van der Waals surface area contributed by atoms with Crippen LogP contribution in [0, 0.1) is 0 Å². The molecule has 0 bridgehead atoms. The maximum atomic E-state index is 12.4. The van der Waals surface area contributed by atoms with E-state index in [1.165, 1.54) is 6.20 Å². The molecule has 4 amide bonds. The highest BCUT2D eigenvalue weighted by Crippen LogP contribution is 2.18. The summed E-state index contributed by atoms with van der Waals surface area (Å²) in [5.74, 6) is -0.925. The zero-order chi connectivity index (χ0) is 18.5. The van der Waals surface area contributed by atoms with Gasteiger partial charge in [-0.1, -0.05) is 41.9 Å². The topological polar surface area (TPSA) is 91.4 Å². The number of imide groups is 1. The van der Waals surface area contributed by atoms with Crippen LogP contribution in [0.2, 0.25) is 5.15 Å². The number of benzene rings is 1. The average molecular weight is 373 g/mol. The van der Waals surface area contributed by atoms with Crippen molar-refractivity contribution < 1.29 is 14.4 Å². The largest absolute Gasteiger partial charge is 0.326 e. The van der Waals surface area contributed by atoms with E-state index in [1.807, 2.05) is 30.3 Å². The van der Waals surface area contributed by atoms with Crippen molar-refractivity contribution in [1.82, 2.24) is 15.2 Å². The van der Waals surface area contributed by atoms with Crippen molar-refractivity contribution in [3.8, 4) is 0 Å². The van der Waals surface area contributed by atoms with Crippen molar-refractivity contribution in [2.75, 3.05) is 11.9 Å². The van der Waals surface area contributed by atoms with Crippen LogP contribution in [-0.4, -0.2) is 40.3 Å². The van der Waals surface area contributed by atoms with Crippen molar-refractivity contribution in [3.05, 3.63) is 59.4 Å². The second-order valence-corrected chi connectivity index (χ2v) is 6.20. The number of hydrogen-bond acceptors (Lipinski definition) is 4. The van der Waals surface area contributed by atoms with Gasteiger partial charge in [0.1, 0.15) is 12.6 Å². The summed E-state index contributed by atoms with van der Waals surface area (Å²) in [5.41, 5.74) is 1.41. The second kappa shape index (κ2) is 7.97. The van der Waals surface area contributed by atoms with Crippen LogP contribution in [0.15, 0.2) is 48.7 Å². The molecule has 1 aromatic heterocycles. The number of halogens is 1. The Balaban J connectivity index is 1.56. The molecule has 2 heterocycles. The molecular formula is C18H17ClN4O3. The second-order valence-electron chi connectivity index (χ2n) is 5.84. The molecule has 1 aliphatic rings. The lowest BCUT2D eigenvalue weighted by Gasteiger charge is -2.13. The molecule has 1 atom stereocenters. The number of rotatable bonds is 6. The molecule has 26 heavy (non-hydrogen) atoms. The van der Waals surface area contributed by atoms with E-state index < -0.39 is 23.9 Å². The van der Waals surface area contributed by atoms with Gasteiger partial charge in [-0.05, 0) is 30.5 Å². The highest BCUT2D eigenvalue weighted by molar-refractivity contribution is 6.32. The first kappa shape index (κ1) is 17.9. The lowest BCUT2D eigenvalue weighted by atomic mass is 10.1. The van der Waals surface area contributed by atoms with Gasteiger partial charge in [-0.25, -0.2) is 9.78 Å². The quantitative estimate of drug-likeness (QED) is 0.601. The molecule has 0 unspecified atom stereocenters. The van der Waals surface area contributed by atoms with E-state index in [4.69, 9.17) is 11.6 Å². The van der Waals surface area contributed by atoms with Gasteiger partial charge in [0.15, 0.2) is 5.15 Å². The number of nitrogens with one attached hydrogen (secondary N) is 2. The Bertz CT molecular complexity index is 828. The average Bonchev–Trinajstić information content (AvgIpc) is 2.90. The van der Waals surface area contributed by atoms with Crippen LogP contribution in [0.5, 0.6) is 0 Å². The van der Waals surface area contributed by atoms with Crippen molar-refractivity contribution >= 4 is 35.1 Å². The Labute approximate surface area is 155 Å². The molecule has 0 spiro atoms. The van der Waals surface area contributed by atoms with Crippen molar-refractivity contribution in [2.45, 2.75) is 18.9 Å². The predicted octanol–water partition coefficient (Wildman–Crippen LogP) is 2.23. The Morgan fingerprint density at radius 1 is 1.19 bits per heavy atom. The smallest absolute Gasteiger partial charge is 0.325 e. The summed E-state index contributed by atoms with van der Waals surface area (Å²) in [7, 11) is 0. The normalized spacial score (nSPS) is 16.5. The van der Waals surface area contributed by atoms with Gasteiger partial charge in [0.25, 0.3) is 5.91 Å². The van der Waals surface area contributed by atoms with Crippen molar-refractivity contribution in [1.29, 1.82) is 0 Å². The Hall–Kier alpha value is -2.93. The van der Waals surface area contributed by atoms with Crippen LogP contribution in [0.4, 0.5) is 10.5 Å². The molecule has 1 fully saturated rings. The summed E-state index contributed by atoms with van der Waals surface area (Å²) in [6, 6.07) is 11.7. The highest BCUT2D eigenvalue weighted by Gasteiger charge is 2.38. The standard InChI is InChI=1S/C18H17ClN4O3/c19-16-13(7-4-10-20-16)21-15(24)11-23-17(25)14(22-18(23)26)9-8-12-5-2-1-3-6-12/h1-7,10,14H,8-9,11H2,(H,21,24)(H,22,26)/t14-/m1/s1. The molecule has 2 aromatic rings. The highest BCUT2D eigenvalue weighted by atomic mass is 35.5. The third-order valence-electron chi connectivity index (χ3n) is 4.01. The number of amides is 4. The van der Waals surface area contributed by atoms with E-state index in [0.717, 1.165) is 10.5 Å². The van der Waals surface area contributed by atoms with E-state index in [-0.39, 0.29) is 11.7 Å². The van der Waals surface area contributed by atoms with Crippen LogP contribution in [0.3, 0.4) is 0 Å². The van der Waals surface area contributed by atoms with E-state index >= 15 is 0 Å². The van der Waals surface area contributed by atoms with Gasteiger partial charge < -0.3 is 10.6 Å². The van der Waals surface area contributed by atoms with Crippen molar-refractivity contribution in [3.63, 3.8) is 0 Å². The number of aryl methyl sites for hydroxylation is 1. The molecule has 8 heteroatoms. The molecule has 2 N–H and O–H groups in total. The van der Waals surface area contributed by atoms with Gasteiger partial charge in [-0.2, -0.15) is 0 Å². The van der Waals surface area contributed by atoms with E-state index in [0.29, 0.717) is 18.5 Å². The Morgan fingerprint density at radius 3 is 2.69 bits per heavy atom. The lowest BCUT2D eigenvalue weighted by molar-refractivity contribution is -0.130. The summed E-state index contributed by atoms with van der Waals surface area (Å²) >= 11 is 5.88. The number of anilines is 1. The summed E-state index contributed by atoms with van der Waals surface area (Å²) in [5, 5.41) is 5.31. The van der Waals surface area contributed by atoms with Gasteiger partial charge in [-0.15, -0.1) is 0 Å². The fourth-order valence-corrected chi connectivity index (χ4v) is 2.86. The number of carbonyl (C=O) groups is 3. The van der Waals surface area contributed by atoms with Gasteiger partial charge in [-0.3, -0.25) is 14.5 Å². The van der Waals surface area contributed by atoms with Gasteiger partial charge in [0, 0.05) is 6.20 Å². The first-order valence-corrected chi connectivity index (χ1v) is 8.48. The van der Waals surface area contributed by atoms with Crippen molar-refractivity contribution in [2.24, 2.45) is 0 Å². The Kier molecular flexibility index (Phi) is 5.48. The molecule has 3 rings (SSSR count). The minimum Gasteiger partial charge on any atom is -0.326 e. The van der Waals surface area contributed by atoms with Crippen LogP contribution < -0.4 is 10.6 Å².